The van der Waals surface area contributed by atoms with Crippen molar-refractivity contribution in [2.45, 2.75) is 47.3 Å². The molecule has 0 aliphatic heterocycles. The van der Waals surface area contributed by atoms with Gasteiger partial charge < -0.3 is 65.0 Å². The molecule has 0 aliphatic rings. The van der Waals surface area contributed by atoms with Crippen LogP contribution >= 0.6 is 46.4 Å². The van der Waals surface area contributed by atoms with Gasteiger partial charge in [-0.25, -0.2) is 8.42 Å². The normalized spacial score (nSPS) is 11.8. The average molecular weight is 2150 g/mol. The smallest absolute Gasteiger partial charge is 0.871 e. The van der Waals surface area contributed by atoms with Crippen LogP contribution in [-0.2, 0) is 57.5 Å². The minimum Gasteiger partial charge on any atom is -0.871 e. The zero-order valence-corrected chi connectivity index (χ0v) is 83.9. The largest absolute Gasteiger partial charge is 2.00 e. The second-order valence-corrected chi connectivity index (χ2v) is 38.0. The number of hydrogen-bond donors (Lipinski definition) is 8. The van der Waals surface area contributed by atoms with E-state index in [0.717, 1.165) is 12.1 Å². The van der Waals surface area contributed by atoms with E-state index in [0.29, 0.717) is 105 Å². The monoisotopic (exact) mass is 2150 g/mol. The van der Waals surface area contributed by atoms with Crippen LogP contribution in [0.4, 0.5) is 68.2 Å². The predicted octanol–water partition coefficient (Wildman–Crippen LogP) is 23.3. The summed E-state index contributed by atoms with van der Waals surface area (Å²) in [6, 6.07) is 69.2. The molecule has 145 heavy (non-hydrogen) atoms. The van der Waals surface area contributed by atoms with Crippen LogP contribution in [0, 0.1) is 27.7 Å². The second kappa shape index (κ2) is 46.3. The van der Waals surface area contributed by atoms with Crippen molar-refractivity contribution in [2.24, 2.45) is 45.9 Å². The van der Waals surface area contributed by atoms with Gasteiger partial charge >= 0.3 is 17.1 Å². The molecule has 36 nitrogen and oxygen atoms in total. The zero-order chi connectivity index (χ0) is 104. The number of fused-ring (bicyclic) bond motifs is 4. The van der Waals surface area contributed by atoms with Gasteiger partial charge in [-0.15, -0.1) is 30.7 Å². The van der Waals surface area contributed by atoms with Gasteiger partial charge in [-0.3, -0.25) is 33.0 Å². The van der Waals surface area contributed by atoms with Crippen LogP contribution in [0.1, 0.15) is 58.9 Å². The van der Waals surface area contributed by atoms with Crippen molar-refractivity contribution in [3.8, 4) is 46.0 Å². The average Bonchev–Trinajstić information content (AvgIpc) is 1.13. The number of azo groups is 4. The zero-order valence-electron chi connectivity index (χ0n) is 76.4. The number of phenols is 2. The molecule has 0 bridgehead atoms. The topological polar surface area (TPSA) is 565 Å². The van der Waals surface area contributed by atoms with Crippen molar-refractivity contribution < 1.29 is 128 Å². The number of rotatable bonds is 24. The SMILES string of the molecule is COc1ccccc1N=C([O-])c1cc2ccccc2c(N=Nc2cc(Cl)c(C)cc2S(=O)(=O)[O-])c1[O-].COc1ccccc1NC(=O)c1cc2ccccc2c(N=Nc2cc(Cl)c(C)cc2S(=O)(=O)O)c1O.COc1ccccc1NC(=O)c1cc2ccccc2c(N=Nc2cc(Cl)c(C)cc2S(=O)(=O)O)c1O.COc1ccccc1NC(=O)c1cc2ccccc2c(N=Nc2cc(Cl)c(C)cc2S(=O)(=O)O)c1[O-].[Mn+2]. The fraction of sp³-hybridized carbons (Fsp3) is 0.0800. The molecule has 0 atom stereocenters. The summed E-state index contributed by atoms with van der Waals surface area (Å²) in [6.45, 7) is 6.23. The van der Waals surface area contributed by atoms with Crippen LogP contribution in [0.2, 0.25) is 20.1 Å². The summed E-state index contributed by atoms with van der Waals surface area (Å²) in [4.78, 5) is 41.2. The van der Waals surface area contributed by atoms with E-state index in [-0.39, 0.29) is 111 Å². The molecule has 3 amide bonds. The third kappa shape index (κ3) is 25.4. The Bertz CT molecular complexity index is 7950. The van der Waals surface area contributed by atoms with Gasteiger partial charge in [0.1, 0.15) is 87.6 Å². The summed E-state index contributed by atoms with van der Waals surface area (Å²) in [5.41, 5.74) is 0.682. The number of benzene rings is 16. The van der Waals surface area contributed by atoms with E-state index in [9.17, 15) is 91.8 Å². The molecular formula is C100H76Cl4MnN12O24S4-2. The molecule has 0 aliphatic carbocycles. The Kier molecular flexibility index (Phi) is 34.6. The molecule has 0 heterocycles. The second-order valence-electron chi connectivity index (χ2n) is 30.8. The molecule has 16 rings (SSSR count). The molecule has 0 spiro atoms. The first-order valence-electron chi connectivity index (χ1n) is 41.8. The van der Waals surface area contributed by atoms with Crippen LogP contribution in [0.3, 0.4) is 0 Å². The van der Waals surface area contributed by atoms with Gasteiger partial charge in [-0.1, -0.05) is 203 Å². The van der Waals surface area contributed by atoms with Crippen LogP contribution in [0.15, 0.2) is 332 Å². The first-order valence-corrected chi connectivity index (χ1v) is 49.1. The van der Waals surface area contributed by atoms with Gasteiger partial charge in [0, 0.05) is 47.2 Å². The number of anilines is 3. The van der Waals surface area contributed by atoms with E-state index in [2.05, 4.69) is 61.9 Å². The number of nitrogens with one attached hydrogen (secondary N) is 3. The summed E-state index contributed by atoms with van der Waals surface area (Å²) in [5, 5.41) is 106. The van der Waals surface area contributed by atoms with E-state index in [4.69, 9.17) is 65.4 Å². The molecule has 0 unspecified atom stereocenters. The Labute approximate surface area is 858 Å². The Morgan fingerprint density at radius 2 is 0.566 bits per heavy atom. The van der Waals surface area contributed by atoms with E-state index >= 15 is 0 Å². The third-order valence-corrected chi connectivity index (χ3v) is 26.5. The molecule has 8 N–H and O–H groups in total. The van der Waals surface area contributed by atoms with Gasteiger partial charge in [0.25, 0.3) is 48.1 Å². The van der Waals surface area contributed by atoms with Gasteiger partial charge in [0.15, 0.2) is 11.5 Å². The van der Waals surface area contributed by atoms with Gasteiger partial charge in [-0.2, -0.15) is 35.5 Å². The molecular weight excluding hydrogens is 2080 g/mol. The number of halogens is 4. The minimum absolute atomic E-state index is 0. The Morgan fingerprint density at radius 1 is 0.317 bits per heavy atom. The predicted molar refractivity (Wildman–Crippen MR) is 539 cm³/mol. The van der Waals surface area contributed by atoms with Crippen molar-refractivity contribution in [3.05, 3.63) is 332 Å². The number of nitrogens with zero attached hydrogens (tertiary/aromatic N) is 9. The third-order valence-electron chi connectivity index (χ3n) is 21.4. The maximum absolute atomic E-state index is 13.4. The van der Waals surface area contributed by atoms with E-state index in [1.807, 2.05) is 0 Å². The van der Waals surface area contributed by atoms with Gasteiger partial charge in [-0.05, 0) is 204 Å². The summed E-state index contributed by atoms with van der Waals surface area (Å²) < 4.78 is 156. The molecule has 16 aromatic rings. The molecule has 741 valence electrons. The van der Waals surface area contributed by atoms with E-state index < -0.39 is 107 Å². The van der Waals surface area contributed by atoms with Crippen molar-refractivity contribution in [2.75, 3.05) is 44.4 Å². The Morgan fingerprint density at radius 3 is 0.883 bits per heavy atom. The summed E-state index contributed by atoms with van der Waals surface area (Å²) >= 11 is 24.4. The van der Waals surface area contributed by atoms with Crippen LogP contribution < -0.4 is 50.2 Å². The number of aryl methyl sites for hydroxylation is 4. The molecule has 0 saturated heterocycles. The Hall–Kier alpha value is -15.4. The summed E-state index contributed by atoms with van der Waals surface area (Å²) in [7, 11) is -13.0. The van der Waals surface area contributed by atoms with Crippen LogP contribution in [0.5, 0.6) is 46.0 Å². The maximum atomic E-state index is 13.4. The summed E-state index contributed by atoms with van der Waals surface area (Å²) in [6.07, 6.45) is 0. The number of aromatic hydroxyl groups is 2. The van der Waals surface area contributed by atoms with E-state index in [1.54, 1.807) is 215 Å². The number of ether oxygens (including phenoxy) is 4. The van der Waals surface area contributed by atoms with Crippen molar-refractivity contribution in [3.63, 3.8) is 0 Å². The quantitative estimate of drug-likeness (QED) is 0.00915. The van der Waals surface area contributed by atoms with Crippen LogP contribution in [-0.4, -0.2) is 114 Å². The maximum Gasteiger partial charge on any atom is 2.00 e. The number of phenolic OH excluding ortho intramolecular Hbond substituents is 2. The van der Waals surface area contributed by atoms with Gasteiger partial charge in [0.2, 0.25) is 0 Å². The molecule has 1 radical (unpaired) electrons. The van der Waals surface area contributed by atoms with Crippen molar-refractivity contribution >= 4 is 222 Å². The summed E-state index contributed by atoms with van der Waals surface area (Å²) in [5.74, 6) is -3.60. The number of para-hydroxylation sites is 8. The number of aliphatic imine (C=N–C) groups is 1. The molecule has 0 saturated carbocycles. The number of amides is 3. The molecule has 0 aromatic heterocycles. The first-order chi connectivity index (χ1) is 68.4. The first kappa shape index (κ1) is 108. The van der Waals surface area contributed by atoms with Crippen molar-refractivity contribution in [1.29, 1.82) is 0 Å². The Balaban J connectivity index is 0.000000172. The van der Waals surface area contributed by atoms with Crippen molar-refractivity contribution in [1.82, 2.24) is 0 Å². The number of carbonyl (C=O) groups excluding carboxylic acids is 3. The molecule has 16 aromatic carbocycles. The van der Waals surface area contributed by atoms with E-state index in [1.165, 1.54) is 96.0 Å². The minimum atomic E-state index is -4.91. The van der Waals surface area contributed by atoms with Gasteiger partial charge in [0.05, 0.1) is 72.9 Å². The van der Waals surface area contributed by atoms with Crippen LogP contribution in [0.25, 0.3) is 43.1 Å². The number of methoxy groups -OCH3 is 4. The standard InChI is InChI=1S/4C25H20ClN3O6S.Mn/c4*1-14-11-22(36(32,33)34)20(13-18(14)26)28-29-23-16-8-4-3-7-15(16)12-17(24(23)30)25(31)27-19-9-5-6-10-21(19)35-2;/h4*3-13,30H,1-2H3,(H,27,31)(H,32,33,34);/q;;;;+2/p-4. The number of hydrogen-bond acceptors (Lipinski definition) is 30. The molecule has 0 fully saturated rings. The fourth-order valence-corrected chi connectivity index (χ4v) is 17.5. The fourth-order valence-electron chi connectivity index (χ4n) is 14.2. The number of carbonyl (C=O) groups is 3. The molecule has 45 heteroatoms.